The topological polar surface area (TPSA) is 21.3 Å². The van der Waals surface area contributed by atoms with Crippen LogP contribution in [0, 0.1) is 10.8 Å². The Bertz CT molecular complexity index is 224. The molecular formula is C17H37NO. The Kier molecular flexibility index (Phi) is 8.23. The summed E-state index contributed by atoms with van der Waals surface area (Å²) in [6.07, 6.45) is 3.88. The molecule has 2 atom stereocenters. The lowest BCUT2D eigenvalue weighted by atomic mass is 9.80. The lowest BCUT2D eigenvalue weighted by Gasteiger charge is -2.38. The molecule has 0 saturated heterocycles. The molecule has 0 aromatic rings. The molecule has 2 nitrogen and oxygen atoms in total. The Morgan fingerprint density at radius 3 is 1.95 bits per heavy atom. The van der Waals surface area contributed by atoms with Crippen LogP contribution in [0.3, 0.4) is 0 Å². The van der Waals surface area contributed by atoms with Crippen molar-refractivity contribution >= 4 is 0 Å². The molecule has 0 heterocycles. The summed E-state index contributed by atoms with van der Waals surface area (Å²) in [4.78, 5) is 0. The molecule has 0 saturated carbocycles. The van der Waals surface area contributed by atoms with Gasteiger partial charge in [-0.1, -0.05) is 48.5 Å². The lowest BCUT2D eigenvalue weighted by molar-refractivity contribution is -0.0391. The van der Waals surface area contributed by atoms with Crippen LogP contribution in [0.4, 0.5) is 0 Å². The zero-order valence-electron chi connectivity index (χ0n) is 14.6. The first kappa shape index (κ1) is 18.9. The van der Waals surface area contributed by atoms with Crippen molar-refractivity contribution in [3.8, 4) is 0 Å². The molecule has 116 valence electrons. The van der Waals surface area contributed by atoms with Gasteiger partial charge in [-0.05, 0) is 43.6 Å². The van der Waals surface area contributed by atoms with E-state index in [9.17, 15) is 0 Å². The molecule has 0 amide bonds. The molecule has 0 aromatic carbocycles. The third-order valence-corrected chi connectivity index (χ3v) is 3.43. The Morgan fingerprint density at radius 2 is 1.58 bits per heavy atom. The Labute approximate surface area is 121 Å². The van der Waals surface area contributed by atoms with Gasteiger partial charge in [0.2, 0.25) is 0 Å². The van der Waals surface area contributed by atoms with Crippen molar-refractivity contribution in [1.29, 1.82) is 0 Å². The summed E-state index contributed by atoms with van der Waals surface area (Å²) in [5.74, 6) is 0. The van der Waals surface area contributed by atoms with Crippen LogP contribution in [0.1, 0.15) is 74.7 Å². The molecule has 2 unspecified atom stereocenters. The van der Waals surface area contributed by atoms with Crippen molar-refractivity contribution < 1.29 is 4.74 Å². The largest absolute Gasteiger partial charge is 0.376 e. The molecule has 0 rings (SSSR count). The van der Waals surface area contributed by atoms with E-state index in [0.29, 0.717) is 11.5 Å². The second kappa shape index (κ2) is 8.26. The first-order chi connectivity index (χ1) is 8.61. The molecule has 0 fully saturated rings. The van der Waals surface area contributed by atoms with Gasteiger partial charge in [0.05, 0.1) is 6.10 Å². The van der Waals surface area contributed by atoms with Gasteiger partial charge in [0, 0.05) is 12.6 Å². The van der Waals surface area contributed by atoms with Crippen LogP contribution in [0.2, 0.25) is 0 Å². The maximum absolute atomic E-state index is 6.07. The average molecular weight is 271 g/mol. The van der Waals surface area contributed by atoms with Crippen LogP contribution in [-0.4, -0.2) is 25.3 Å². The summed E-state index contributed by atoms with van der Waals surface area (Å²) in [7, 11) is 0. The third kappa shape index (κ3) is 8.65. The molecule has 0 aliphatic rings. The van der Waals surface area contributed by atoms with Crippen LogP contribution >= 0.6 is 0 Å². The van der Waals surface area contributed by atoms with E-state index in [1.807, 2.05) is 0 Å². The van der Waals surface area contributed by atoms with Gasteiger partial charge >= 0.3 is 0 Å². The smallest absolute Gasteiger partial charge is 0.0775 e. The van der Waals surface area contributed by atoms with Gasteiger partial charge in [0.25, 0.3) is 0 Å². The van der Waals surface area contributed by atoms with Crippen molar-refractivity contribution in [1.82, 2.24) is 5.32 Å². The van der Waals surface area contributed by atoms with Crippen LogP contribution < -0.4 is 5.32 Å². The van der Waals surface area contributed by atoms with E-state index in [2.05, 4.69) is 60.7 Å². The van der Waals surface area contributed by atoms with Gasteiger partial charge in [0.15, 0.2) is 0 Å². The Hall–Kier alpha value is -0.0800. The zero-order valence-corrected chi connectivity index (χ0v) is 14.6. The highest BCUT2D eigenvalue weighted by molar-refractivity contribution is 4.87. The Balaban J connectivity index is 4.75. The fraction of sp³-hybridized carbons (Fsp3) is 1.00. The highest BCUT2D eigenvalue weighted by Gasteiger charge is 2.33. The highest BCUT2D eigenvalue weighted by Crippen LogP contribution is 2.30. The van der Waals surface area contributed by atoms with E-state index >= 15 is 0 Å². The predicted molar refractivity (Wildman–Crippen MR) is 85.6 cm³/mol. The number of hydrogen-bond donors (Lipinski definition) is 1. The van der Waals surface area contributed by atoms with Gasteiger partial charge in [-0.15, -0.1) is 0 Å². The fourth-order valence-electron chi connectivity index (χ4n) is 2.43. The zero-order chi connectivity index (χ0) is 15.1. The summed E-state index contributed by atoms with van der Waals surface area (Å²) in [6.45, 7) is 20.0. The molecule has 19 heavy (non-hydrogen) atoms. The normalized spacial score (nSPS) is 16.4. The second-order valence-electron chi connectivity index (χ2n) is 7.90. The molecule has 0 bridgehead atoms. The van der Waals surface area contributed by atoms with Crippen LogP contribution in [-0.2, 0) is 4.74 Å². The van der Waals surface area contributed by atoms with Crippen molar-refractivity contribution in [3.05, 3.63) is 0 Å². The monoisotopic (exact) mass is 271 g/mol. The van der Waals surface area contributed by atoms with Gasteiger partial charge in [-0.2, -0.15) is 0 Å². The van der Waals surface area contributed by atoms with Crippen molar-refractivity contribution in [3.63, 3.8) is 0 Å². The van der Waals surface area contributed by atoms with Crippen LogP contribution in [0.5, 0.6) is 0 Å². The number of hydrogen-bond acceptors (Lipinski definition) is 2. The van der Waals surface area contributed by atoms with Gasteiger partial charge in [-0.3, -0.25) is 0 Å². The maximum Gasteiger partial charge on any atom is 0.0775 e. The van der Waals surface area contributed by atoms with Crippen molar-refractivity contribution in [2.45, 2.75) is 86.8 Å². The number of rotatable bonds is 8. The SMILES string of the molecule is CCCNC(CCC(C)(C)C)C(OCC)C(C)(C)C. The number of ether oxygens (including phenoxy) is 1. The third-order valence-electron chi connectivity index (χ3n) is 3.43. The highest BCUT2D eigenvalue weighted by atomic mass is 16.5. The first-order valence-corrected chi connectivity index (χ1v) is 7.96. The summed E-state index contributed by atoms with van der Waals surface area (Å²) in [5.41, 5.74) is 0.570. The summed E-state index contributed by atoms with van der Waals surface area (Å²) in [5, 5.41) is 3.71. The van der Waals surface area contributed by atoms with E-state index in [1.165, 1.54) is 19.3 Å². The fourth-order valence-corrected chi connectivity index (χ4v) is 2.43. The minimum Gasteiger partial charge on any atom is -0.376 e. The van der Waals surface area contributed by atoms with E-state index in [0.717, 1.165) is 13.2 Å². The van der Waals surface area contributed by atoms with Gasteiger partial charge < -0.3 is 10.1 Å². The number of nitrogens with one attached hydrogen (secondary N) is 1. The summed E-state index contributed by atoms with van der Waals surface area (Å²) in [6, 6.07) is 0.458. The second-order valence-corrected chi connectivity index (χ2v) is 7.90. The van der Waals surface area contributed by atoms with E-state index in [1.54, 1.807) is 0 Å². The molecule has 1 N–H and O–H groups in total. The molecule has 0 aliphatic heterocycles. The molecule has 0 aliphatic carbocycles. The molecule has 2 heteroatoms. The van der Waals surface area contributed by atoms with Gasteiger partial charge in [0.1, 0.15) is 0 Å². The van der Waals surface area contributed by atoms with Crippen LogP contribution in [0.15, 0.2) is 0 Å². The quantitative estimate of drug-likeness (QED) is 0.695. The minimum atomic E-state index is 0.180. The maximum atomic E-state index is 6.07. The molecule has 0 spiro atoms. The molecular weight excluding hydrogens is 234 g/mol. The van der Waals surface area contributed by atoms with Crippen molar-refractivity contribution in [2.24, 2.45) is 10.8 Å². The van der Waals surface area contributed by atoms with Gasteiger partial charge in [-0.25, -0.2) is 0 Å². The van der Waals surface area contributed by atoms with E-state index in [4.69, 9.17) is 4.74 Å². The summed E-state index contributed by atoms with van der Waals surface area (Å²) < 4.78 is 6.07. The average Bonchev–Trinajstić information content (AvgIpc) is 2.24. The molecule has 0 radical (unpaired) electrons. The standard InChI is InChI=1S/C17H37NO/c1-9-13-18-14(11-12-16(3,4)5)15(19-10-2)17(6,7)8/h14-15,18H,9-13H2,1-8H3. The predicted octanol–water partition coefficient (Wildman–Crippen LogP) is 4.63. The summed E-state index contributed by atoms with van der Waals surface area (Å²) >= 11 is 0. The van der Waals surface area contributed by atoms with Crippen molar-refractivity contribution in [2.75, 3.05) is 13.2 Å². The first-order valence-electron chi connectivity index (χ1n) is 7.96. The molecule has 0 aromatic heterocycles. The minimum absolute atomic E-state index is 0.180. The van der Waals surface area contributed by atoms with E-state index in [-0.39, 0.29) is 11.5 Å². The lowest BCUT2D eigenvalue weighted by Crippen LogP contribution is -2.48. The van der Waals surface area contributed by atoms with Crippen LogP contribution in [0.25, 0.3) is 0 Å². The van der Waals surface area contributed by atoms with E-state index < -0.39 is 0 Å². The Morgan fingerprint density at radius 1 is 1.00 bits per heavy atom.